The molecule has 0 aliphatic carbocycles. The average Bonchev–Trinajstić information content (AvgIpc) is 3.21. The summed E-state index contributed by atoms with van der Waals surface area (Å²) in [5.41, 5.74) is 8.47. The van der Waals surface area contributed by atoms with Crippen molar-refractivity contribution in [2.24, 2.45) is 7.05 Å². The number of hydrogen-bond acceptors (Lipinski definition) is 6. The monoisotopic (exact) mass is 413 g/mol. The van der Waals surface area contributed by atoms with E-state index in [1.54, 1.807) is 11.0 Å². The Labute approximate surface area is 176 Å². The van der Waals surface area contributed by atoms with Crippen LogP contribution < -0.4 is 11.1 Å². The van der Waals surface area contributed by atoms with Crippen molar-refractivity contribution >= 4 is 23.1 Å². The molecule has 3 N–H and O–H groups in total. The van der Waals surface area contributed by atoms with Crippen LogP contribution in [0, 0.1) is 0 Å². The van der Waals surface area contributed by atoms with Crippen molar-refractivity contribution < 1.29 is 9.53 Å². The van der Waals surface area contributed by atoms with Gasteiger partial charge in [0.1, 0.15) is 11.9 Å². The number of anilines is 1. The first-order chi connectivity index (χ1) is 14.2. The third kappa shape index (κ3) is 5.08. The molecule has 0 saturated heterocycles. The van der Waals surface area contributed by atoms with Gasteiger partial charge in [-0.2, -0.15) is 5.10 Å². The molecule has 1 unspecified atom stereocenters. The Bertz CT molecular complexity index is 1020. The molecule has 9 nitrogen and oxygen atoms in total. The summed E-state index contributed by atoms with van der Waals surface area (Å²) in [5, 5.41) is 7.24. The van der Waals surface area contributed by atoms with Gasteiger partial charge in [0.2, 0.25) is 5.95 Å². The van der Waals surface area contributed by atoms with Crippen molar-refractivity contribution in [2.75, 3.05) is 12.3 Å². The highest BCUT2D eigenvalue weighted by Gasteiger charge is 2.19. The van der Waals surface area contributed by atoms with E-state index in [0.29, 0.717) is 18.3 Å². The lowest BCUT2D eigenvalue weighted by molar-refractivity contribution is 0.0527. The number of nitrogens with zero attached hydrogens (tertiary/aromatic N) is 5. The molecule has 0 aliphatic rings. The van der Waals surface area contributed by atoms with E-state index in [9.17, 15) is 4.79 Å². The fourth-order valence-electron chi connectivity index (χ4n) is 3.45. The Morgan fingerprint density at radius 2 is 2.07 bits per heavy atom. The number of ether oxygens (including phenoxy) is 1. The summed E-state index contributed by atoms with van der Waals surface area (Å²) in [6, 6.07) is 6.03. The van der Waals surface area contributed by atoms with Crippen LogP contribution in [-0.4, -0.2) is 42.6 Å². The SMILES string of the molecule is CC(CCCCNC(=O)OC(C)(C)C)n1c(N)nc2cccc(-c3ncn(C)n3)c21. The quantitative estimate of drug-likeness (QED) is 0.572. The Balaban J connectivity index is 1.66. The molecular weight excluding hydrogens is 382 g/mol. The van der Waals surface area contributed by atoms with Crippen LogP contribution in [0.4, 0.5) is 10.7 Å². The second-order valence-corrected chi connectivity index (χ2v) is 8.53. The topological polar surface area (TPSA) is 113 Å². The Hall–Kier alpha value is -3.10. The first-order valence-electron chi connectivity index (χ1n) is 10.2. The summed E-state index contributed by atoms with van der Waals surface area (Å²) >= 11 is 0. The number of nitrogens with two attached hydrogens (primary N) is 1. The van der Waals surface area contributed by atoms with Crippen LogP contribution in [-0.2, 0) is 11.8 Å². The zero-order valence-electron chi connectivity index (χ0n) is 18.3. The molecular formula is C21H31N7O2. The molecule has 30 heavy (non-hydrogen) atoms. The molecule has 0 aliphatic heterocycles. The lowest BCUT2D eigenvalue weighted by atomic mass is 10.1. The first kappa shape index (κ1) is 21.6. The van der Waals surface area contributed by atoms with Gasteiger partial charge in [0, 0.05) is 25.2 Å². The number of alkyl carbamates (subject to hydrolysis) is 1. The van der Waals surface area contributed by atoms with Crippen LogP contribution >= 0.6 is 0 Å². The highest BCUT2D eigenvalue weighted by molar-refractivity contribution is 5.92. The van der Waals surface area contributed by atoms with Gasteiger partial charge in [-0.25, -0.2) is 14.8 Å². The van der Waals surface area contributed by atoms with E-state index in [2.05, 4.69) is 31.9 Å². The second-order valence-electron chi connectivity index (χ2n) is 8.53. The molecule has 0 spiro atoms. The van der Waals surface area contributed by atoms with Crippen LogP contribution in [0.15, 0.2) is 24.5 Å². The second kappa shape index (κ2) is 8.73. The van der Waals surface area contributed by atoms with Crippen molar-refractivity contribution in [3.05, 3.63) is 24.5 Å². The maximum absolute atomic E-state index is 11.7. The van der Waals surface area contributed by atoms with Gasteiger partial charge >= 0.3 is 6.09 Å². The number of amides is 1. The van der Waals surface area contributed by atoms with Crippen molar-refractivity contribution in [2.45, 2.75) is 58.6 Å². The fraction of sp³-hybridized carbons (Fsp3) is 0.524. The number of nitrogens with one attached hydrogen (secondary N) is 1. The number of imidazole rings is 1. The number of para-hydroxylation sites is 1. The lowest BCUT2D eigenvalue weighted by Gasteiger charge is -2.20. The zero-order chi connectivity index (χ0) is 21.9. The number of benzene rings is 1. The largest absolute Gasteiger partial charge is 0.444 e. The predicted octanol–water partition coefficient (Wildman–Crippen LogP) is 3.67. The Kier molecular flexibility index (Phi) is 6.28. The van der Waals surface area contributed by atoms with E-state index in [4.69, 9.17) is 10.5 Å². The van der Waals surface area contributed by atoms with E-state index in [1.165, 1.54) is 0 Å². The standard InChI is InChI=1S/C21H31N7O2/c1-14(9-6-7-12-23-20(29)30-21(2,3)4)28-17-15(18-24-13-27(5)26-18)10-8-11-16(17)25-19(28)22/h8,10-11,13-14H,6-7,9,12H2,1-5H3,(H2,22,25)(H,23,29). The Morgan fingerprint density at radius 3 is 2.73 bits per heavy atom. The smallest absolute Gasteiger partial charge is 0.407 e. The number of carbonyl (C=O) groups excluding carboxylic acids is 1. The normalized spacial score (nSPS) is 12.8. The number of rotatable bonds is 7. The molecule has 1 amide bonds. The van der Waals surface area contributed by atoms with Crippen molar-refractivity contribution in [3.8, 4) is 11.4 Å². The maximum atomic E-state index is 11.7. The van der Waals surface area contributed by atoms with Crippen molar-refractivity contribution in [3.63, 3.8) is 0 Å². The summed E-state index contributed by atoms with van der Waals surface area (Å²) in [6.45, 7) is 8.25. The number of unbranched alkanes of at least 4 members (excludes halogenated alkanes) is 1. The highest BCUT2D eigenvalue weighted by atomic mass is 16.6. The van der Waals surface area contributed by atoms with Crippen molar-refractivity contribution in [1.29, 1.82) is 0 Å². The zero-order valence-corrected chi connectivity index (χ0v) is 18.3. The molecule has 0 saturated carbocycles. The van der Waals surface area contributed by atoms with Gasteiger partial charge < -0.3 is 20.4 Å². The third-order valence-corrected chi connectivity index (χ3v) is 4.74. The molecule has 1 atom stereocenters. The molecule has 0 fully saturated rings. The average molecular weight is 414 g/mol. The molecule has 1 aromatic carbocycles. The minimum Gasteiger partial charge on any atom is -0.444 e. The van der Waals surface area contributed by atoms with Crippen LogP contribution in [0.5, 0.6) is 0 Å². The van der Waals surface area contributed by atoms with Gasteiger partial charge in [-0.05, 0) is 59.1 Å². The molecule has 3 rings (SSSR count). The van der Waals surface area contributed by atoms with Crippen LogP contribution in [0.25, 0.3) is 22.4 Å². The van der Waals surface area contributed by atoms with Crippen LogP contribution in [0.3, 0.4) is 0 Å². The fourth-order valence-corrected chi connectivity index (χ4v) is 3.45. The first-order valence-corrected chi connectivity index (χ1v) is 10.2. The third-order valence-electron chi connectivity index (χ3n) is 4.74. The minimum absolute atomic E-state index is 0.140. The maximum Gasteiger partial charge on any atom is 0.407 e. The lowest BCUT2D eigenvalue weighted by Crippen LogP contribution is -2.33. The summed E-state index contributed by atoms with van der Waals surface area (Å²) in [5.74, 6) is 1.13. The van der Waals surface area contributed by atoms with E-state index in [-0.39, 0.29) is 12.1 Å². The van der Waals surface area contributed by atoms with E-state index in [1.807, 2.05) is 46.0 Å². The molecule has 0 bridgehead atoms. The number of hydrogen-bond donors (Lipinski definition) is 2. The van der Waals surface area contributed by atoms with E-state index in [0.717, 1.165) is 35.9 Å². The summed E-state index contributed by atoms with van der Waals surface area (Å²) < 4.78 is 8.99. The highest BCUT2D eigenvalue weighted by Crippen LogP contribution is 2.32. The predicted molar refractivity (Wildman–Crippen MR) is 117 cm³/mol. The number of nitrogen functional groups attached to an aromatic ring is 1. The van der Waals surface area contributed by atoms with Gasteiger partial charge in [0.25, 0.3) is 0 Å². The molecule has 3 aromatic rings. The minimum atomic E-state index is -0.487. The van der Waals surface area contributed by atoms with Gasteiger partial charge in [-0.1, -0.05) is 6.07 Å². The van der Waals surface area contributed by atoms with Gasteiger partial charge in [0.15, 0.2) is 5.82 Å². The number of aryl methyl sites for hydroxylation is 1. The molecule has 2 aromatic heterocycles. The molecule has 162 valence electrons. The van der Waals surface area contributed by atoms with Gasteiger partial charge in [-0.3, -0.25) is 4.68 Å². The summed E-state index contributed by atoms with van der Waals surface area (Å²) in [7, 11) is 1.84. The number of fused-ring (bicyclic) bond motifs is 1. The number of carbonyl (C=O) groups is 1. The summed E-state index contributed by atoms with van der Waals surface area (Å²) in [4.78, 5) is 20.7. The van der Waals surface area contributed by atoms with Crippen LogP contribution in [0.1, 0.15) is 53.0 Å². The van der Waals surface area contributed by atoms with E-state index < -0.39 is 5.60 Å². The van der Waals surface area contributed by atoms with Gasteiger partial charge in [0.05, 0.1) is 11.0 Å². The molecule has 0 radical (unpaired) electrons. The van der Waals surface area contributed by atoms with E-state index >= 15 is 0 Å². The molecule has 9 heteroatoms. The van der Waals surface area contributed by atoms with Gasteiger partial charge in [-0.15, -0.1) is 0 Å². The Morgan fingerprint density at radius 1 is 1.30 bits per heavy atom. The van der Waals surface area contributed by atoms with Crippen molar-refractivity contribution in [1.82, 2.24) is 29.6 Å². The molecule has 2 heterocycles. The van der Waals surface area contributed by atoms with Crippen LogP contribution in [0.2, 0.25) is 0 Å². The number of aromatic nitrogens is 5. The summed E-state index contributed by atoms with van der Waals surface area (Å²) in [6.07, 6.45) is 3.98.